The van der Waals surface area contributed by atoms with Crippen molar-refractivity contribution in [3.05, 3.63) is 22.7 Å². The van der Waals surface area contributed by atoms with Gasteiger partial charge in [0.05, 0.1) is 5.69 Å². The lowest BCUT2D eigenvalue weighted by Gasteiger charge is -2.21. The molecule has 1 saturated heterocycles. The predicted molar refractivity (Wildman–Crippen MR) is 74.7 cm³/mol. The van der Waals surface area contributed by atoms with Gasteiger partial charge in [-0.2, -0.15) is 4.68 Å². The van der Waals surface area contributed by atoms with Gasteiger partial charge < -0.3 is 10.6 Å². The monoisotopic (exact) mass is 292 g/mol. The summed E-state index contributed by atoms with van der Waals surface area (Å²) in [7, 11) is 0. The number of hydrogen-bond acceptors (Lipinski definition) is 6. The Bertz CT molecular complexity index is 595. The van der Waals surface area contributed by atoms with Crippen molar-refractivity contribution < 1.29 is 4.79 Å². The summed E-state index contributed by atoms with van der Waals surface area (Å²) >= 11 is 1.41. The number of tetrazole rings is 1. The highest BCUT2D eigenvalue weighted by Crippen LogP contribution is 2.28. The summed E-state index contributed by atoms with van der Waals surface area (Å²) < 4.78 is 1.52. The highest BCUT2D eigenvalue weighted by atomic mass is 32.1. The molecule has 0 saturated carbocycles. The van der Waals surface area contributed by atoms with Crippen LogP contribution in [0.2, 0.25) is 0 Å². The molecule has 1 aliphatic rings. The van der Waals surface area contributed by atoms with E-state index < -0.39 is 0 Å². The van der Waals surface area contributed by atoms with E-state index in [1.807, 2.05) is 16.3 Å². The summed E-state index contributed by atoms with van der Waals surface area (Å²) in [6.45, 7) is 3.42. The molecule has 8 heteroatoms. The first kappa shape index (κ1) is 13.2. The van der Waals surface area contributed by atoms with E-state index in [1.165, 1.54) is 22.3 Å². The number of amides is 1. The lowest BCUT2D eigenvalue weighted by molar-refractivity contribution is 0.0748. The zero-order chi connectivity index (χ0) is 14.1. The molecule has 0 radical (unpaired) electrons. The lowest BCUT2D eigenvalue weighted by atomic mass is 10.1. The van der Waals surface area contributed by atoms with Crippen molar-refractivity contribution in [2.75, 3.05) is 13.1 Å². The molecule has 2 aromatic heterocycles. The van der Waals surface area contributed by atoms with E-state index in [0.29, 0.717) is 17.3 Å². The third kappa shape index (κ3) is 2.20. The van der Waals surface area contributed by atoms with Crippen molar-refractivity contribution in [3.63, 3.8) is 0 Å². The highest BCUT2D eigenvalue weighted by Gasteiger charge is 2.33. The number of nitrogens with two attached hydrogens (primary N) is 1. The van der Waals surface area contributed by atoms with Crippen molar-refractivity contribution in [1.82, 2.24) is 25.1 Å². The summed E-state index contributed by atoms with van der Waals surface area (Å²) in [4.78, 5) is 15.3. The number of hydrogen-bond donors (Lipinski definition) is 1. The first-order chi connectivity index (χ1) is 9.70. The van der Waals surface area contributed by atoms with Gasteiger partial charge in [-0.05, 0) is 47.7 Å². The maximum atomic E-state index is 12.7. The molecular formula is C12H16N6OS. The van der Waals surface area contributed by atoms with E-state index in [9.17, 15) is 4.79 Å². The van der Waals surface area contributed by atoms with Crippen molar-refractivity contribution >= 4 is 17.2 Å². The van der Waals surface area contributed by atoms with Gasteiger partial charge in [-0.3, -0.25) is 4.79 Å². The third-order valence-corrected chi connectivity index (χ3v) is 4.58. The van der Waals surface area contributed by atoms with E-state index >= 15 is 0 Å². The van der Waals surface area contributed by atoms with E-state index in [4.69, 9.17) is 5.73 Å². The van der Waals surface area contributed by atoms with Gasteiger partial charge in [-0.25, -0.2) is 0 Å². The van der Waals surface area contributed by atoms with Crippen LogP contribution in [0.4, 0.5) is 0 Å². The molecule has 0 bridgehead atoms. The fraction of sp³-hybridized carbons (Fsp3) is 0.500. The quantitative estimate of drug-likeness (QED) is 0.891. The fourth-order valence-corrected chi connectivity index (χ4v) is 3.47. The third-order valence-electron chi connectivity index (χ3n) is 3.69. The first-order valence-corrected chi connectivity index (χ1v) is 7.40. The van der Waals surface area contributed by atoms with Crippen molar-refractivity contribution in [1.29, 1.82) is 0 Å². The number of nitrogens with zero attached hydrogens (tertiary/aromatic N) is 5. The van der Waals surface area contributed by atoms with Gasteiger partial charge in [0.2, 0.25) is 0 Å². The Kier molecular flexibility index (Phi) is 3.49. The molecule has 1 fully saturated rings. The minimum Gasteiger partial charge on any atom is -0.335 e. The normalized spacial score (nSPS) is 22.4. The van der Waals surface area contributed by atoms with E-state index in [0.717, 1.165) is 18.7 Å². The smallest absolute Gasteiger partial charge is 0.266 e. The fourth-order valence-electron chi connectivity index (χ4n) is 2.64. The number of carbonyl (C=O) groups excluding carboxylic acids is 1. The molecule has 20 heavy (non-hydrogen) atoms. The topological polar surface area (TPSA) is 89.9 Å². The number of aromatic nitrogens is 4. The summed E-state index contributed by atoms with van der Waals surface area (Å²) in [6.07, 6.45) is 2.46. The van der Waals surface area contributed by atoms with Gasteiger partial charge in [0, 0.05) is 12.6 Å². The van der Waals surface area contributed by atoms with Crippen LogP contribution in [0.3, 0.4) is 0 Å². The van der Waals surface area contributed by atoms with Gasteiger partial charge in [-0.15, -0.1) is 16.4 Å². The van der Waals surface area contributed by atoms with Crippen LogP contribution in [-0.2, 0) is 0 Å². The summed E-state index contributed by atoms with van der Waals surface area (Å²) in [6, 6.07) is 2.08. The number of rotatable bonds is 3. The van der Waals surface area contributed by atoms with Crippen molar-refractivity contribution in [2.45, 2.75) is 19.4 Å². The second-order valence-corrected chi connectivity index (χ2v) is 5.95. The van der Waals surface area contributed by atoms with Crippen LogP contribution >= 0.6 is 11.3 Å². The minimum absolute atomic E-state index is 0.0361. The largest absolute Gasteiger partial charge is 0.335 e. The van der Waals surface area contributed by atoms with Crippen molar-refractivity contribution in [2.24, 2.45) is 11.7 Å². The highest BCUT2D eigenvalue weighted by molar-refractivity contribution is 7.12. The van der Waals surface area contributed by atoms with Gasteiger partial charge in [0.15, 0.2) is 0 Å². The van der Waals surface area contributed by atoms with Gasteiger partial charge in [0.25, 0.3) is 5.91 Å². The zero-order valence-corrected chi connectivity index (χ0v) is 12.0. The molecule has 3 rings (SSSR count). The average Bonchev–Trinajstić information content (AvgIpc) is 3.17. The molecular weight excluding hydrogens is 276 g/mol. The van der Waals surface area contributed by atoms with E-state index in [1.54, 1.807) is 0 Å². The average molecular weight is 292 g/mol. The predicted octanol–water partition coefficient (Wildman–Crippen LogP) is 0.533. The van der Waals surface area contributed by atoms with Gasteiger partial charge in [-0.1, -0.05) is 0 Å². The number of thiophene rings is 1. The first-order valence-electron chi connectivity index (χ1n) is 6.52. The maximum absolute atomic E-state index is 12.7. The molecule has 1 aliphatic heterocycles. The van der Waals surface area contributed by atoms with Crippen LogP contribution in [0.5, 0.6) is 0 Å². The standard InChI is InChI=1S/C12H16N6OS/c1-8-4-9(5-13)6-17(8)12(19)11-10(2-3-20-11)18-7-14-15-16-18/h2-3,7-9H,4-6,13H2,1H3. The Hall–Kier alpha value is -1.80. The Morgan fingerprint density at radius 3 is 3.10 bits per heavy atom. The molecule has 2 aromatic rings. The molecule has 2 unspecified atom stereocenters. The lowest BCUT2D eigenvalue weighted by Crippen LogP contribution is -2.34. The van der Waals surface area contributed by atoms with Crippen LogP contribution < -0.4 is 5.73 Å². The molecule has 1 amide bonds. The van der Waals surface area contributed by atoms with Gasteiger partial charge in [0.1, 0.15) is 11.2 Å². The summed E-state index contributed by atoms with van der Waals surface area (Å²) in [5, 5.41) is 13.0. The molecule has 0 spiro atoms. The minimum atomic E-state index is 0.0361. The maximum Gasteiger partial charge on any atom is 0.266 e. The number of carbonyl (C=O) groups is 1. The second-order valence-electron chi connectivity index (χ2n) is 5.03. The van der Waals surface area contributed by atoms with Gasteiger partial charge >= 0.3 is 0 Å². The van der Waals surface area contributed by atoms with Crippen LogP contribution in [0.1, 0.15) is 23.0 Å². The van der Waals surface area contributed by atoms with Crippen LogP contribution in [-0.4, -0.2) is 50.1 Å². The van der Waals surface area contributed by atoms with Crippen LogP contribution in [0, 0.1) is 5.92 Å². The van der Waals surface area contributed by atoms with Crippen LogP contribution in [0.15, 0.2) is 17.8 Å². The molecule has 7 nitrogen and oxygen atoms in total. The number of likely N-dealkylation sites (tertiary alicyclic amines) is 1. The van der Waals surface area contributed by atoms with E-state index in [-0.39, 0.29) is 11.9 Å². The molecule has 0 aromatic carbocycles. The van der Waals surface area contributed by atoms with Crippen LogP contribution in [0.25, 0.3) is 5.69 Å². The van der Waals surface area contributed by atoms with Crippen molar-refractivity contribution in [3.8, 4) is 5.69 Å². The molecule has 0 aliphatic carbocycles. The Morgan fingerprint density at radius 2 is 2.45 bits per heavy atom. The Labute approximate surface area is 120 Å². The Morgan fingerprint density at radius 1 is 1.60 bits per heavy atom. The molecule has 3 heterocycles. The zero-order valence-electron chi connectivity index (χ0n) is 11.1. The molecule has 106 valence electrons. The van der Waals surface area contributed by atoms with E-state index in [2.05, 4.69) is 22.4 Å². The Balaban J connectivity index is 1.87. The summed E-state index contributed by atoms with van der Waals surface area (Å²) in [5.41, 5.74) is 6.45. The molecule has 2 N–H and O–H groups in total. The summed E-state index contributed by atoms with van der Waals surface area (Å²) in [5.74, 6) is 0.430. The second kappa shape index (κ2) is 5.29. The SMILES string of the molecule is CC1CC(CN)CN1C(=O)c1sccc1-n1cnnn1. The molecule has 2 atom stereocenters.